The van der Waals surface area contributed by atoms with Crippen molar-refractivity contribution in [2.45, 2.75) is 39.6 Å². The van der Waals surface area contributed by atoms with Crippen LogP contribution in [0.2, 0.25) is 0 Å². The van der Waals surface area contributed by atoms with Gasteiger partial charge in [-0.05, 0) is 100 Å². The van der Waals surface area contributed by atoms with Crippen molar-refractivity contribution in [2.24, 2.45) is 5.10 Å². The Labute approximate surface area is 283 Å². The van der Waals surface area contributed by atoms with Gasteiger partial charge in [0, 0.05) is 5.70 Å². The molecule has 2 atom stereocenters. The molecule has 1 heterocycles. The molecule has 0 bridgehead atoms. The minimum Gasteiger partial charge on any atom is -0.490 e. The van der Waals surface area contributed by atoms with E-state index in [1.165, 1.54) is 12.7 Å². The van der Waals surface area contributed by atoms with E-state index in [1.54, 1.807) is 31.3 Å². The van der Waals surface area contributed by atoms with Crippen LogP contribution in [0.4, 0.5) is 4.79 Å². The highest BCUT2D eigenvalue weighted by molar-refractivity contribution is 14.1. The summed E-state index contributed by atoms with van der Waals surface area (Å²) in [6, 6.07) is 15.8. The van der Waals surface area contributed by atoms with Gasteiger partial charge in [0.1, 0.15) is 19.0 Å². The monoisotopic (exact) mass is 792 g/mol. The Kier molecular flexibility index (Phi) is 12.1. The molecule has 0 aromatic heterocycles. The summed E-state index contributed by atoms with van der Waals surface area (Å²) in [5.74, 6) is 0.916. The van der Waals surface area contributed by atoms with Gasteiger partial charge in [-0.25, -0.2) is 9.59 Å². The number of hydrogen-bond donors (Lipinski definition) is 4. The quantitative estimate of drug-likeness (QED) is 0.0589. The van der Waals surface area contributed by atoms with Gasteiger partial charge < -0.3 is 34.7 Å². The molecule has 4 N–H and O–H groups in total. The number of amides is 2. The number of halogens is 2. The number of aryl methyl sites for hydroxylation is 1. The zero-order valence-electron chi connectivity index (χ0n) is 25.1. The number of esters is 1. The van der Waals surface area contributed by atoms with E-state index in [-0.39, 0.29) is 12.2 Å². The summed E-state index contributed by atoms with van der Waals surface area (Å²) >= 11 is 5.80. The zero-order chi connectivity index (χ0) is 32.5. The average molecular weight is 793 g/mol. The van der Waals surface area contributed by atoms with Crippen LogP contribution in [0.15, 0.2) is 75.4 Å². The molecule has 0 saturated carbocycles. The molecule has 3 aromatic carbocycles. The molecule has 0 aliphatic carbocycles. The van der Waals surface area contributed by atoms with E-state index in [2.05, 4.69) is 65.7 Å². The first-order chi connectivity index (χ1) is 21.6. The van der Waals surface area contributed by atoms with Crippen molar-refractivity contribution < 1.29 is 33.6 Å². The van der Waals surface area contributed by atoms with Gasteiger partial charge in [0.15, 0.2) is 17.7 Å². The maximum Gasteiger partial charge on any atom is 0.337 e. The largest absolute Gasteiger partial charge is 0.490 e. The maximum absolute atomic E-state index is 12.5. The van der Waals surface area contributed by atoms with E-state index in [9.17, 15) is 14.7 Å². The molecule has 1 aliphatic heterocycles. The van der Waals surface area contributed by atoms with Crippen molar-refractivity contribution >= 4 is 56.7 Å². The van der Waals surface area contributed by atoms with Crippen LogP contribution in [0.25, 0.3) is 0 Å². The number of benzene rings is 3. The second kappa shape index (κ2) is 16.0. The fraction of sp³-hybridized carbons (Fsp3) is 0.281. The third-order valence-corrected chi connectivity index (χ3v) is 7.99. The Morgan fingerprint density at radius 2 is 1.93 bits per heavy atom. The van der Waals surface area contributed by atoms with Crippen LogP contribution in [0.3, 0.4) is 0 Å². The van der Waals surface area contributed by atoms with E-state index >= 15 is 0 Å². The average Bonchev–Trinajstić information content (AvgIpc) is 2.99. The van der Waals surface area contributed by atoms with Gasteiger partial charge in [0.2, 0.25) is 0 Å². The van der Waals surface area contributed by atoms with E-state index in [1.807, 2.05) is 44.2 Å². The van der Waals surface area contributed by atoms with Gasteiger partial charge in [-0.15, -0.1) is 0 Å². The maximum atomic E-state index is 12.5. The Balaban J connectivity index is 1.37. The molecule has 1 aliphatic rings. The van der Waals surface area contributed by atoms with E-state index in [0.29, 0.717) is 36.0 Å². The van der Waals surface area contributed by atoms with Crippen molar-refractivity contribution in [2.75, 3.05) is 20.3 Å². The number of methoxy groups -OCH3 is 1. The Hall–Kier alpha value is -3.82. The number of hydrogen-bond acceptors (Lipinski definition) is 9. The number of aliphatic hydroxyl groups is 1. The Morgan fingerprint density at radius 1 is 1.13 bits per heavy atom. The highest BCUT2D eigenvalue weighted by atomic mass is 127. The molecular formula is C32H34BrIN4O7. The lowest BCUT2D eigenvalue weighted by Gasteiger charge is -2.28. The van der Waals surface area contributed by atoms with Crippen molar-refractivity contribution in [1.29, 1.82) is 0 Å². The van der Waals surface area contributed by atoms with Gasteiger partial charge in [-0.2, -0.15) is 5.10 Å². The summed E-state index contributed by atoms with van der Waals surface area (Å²) in [5, 5.41) is 20.0. The van der Waals surface area contributed by atoms with E-state index < -0.39 is 24.3 Å². The van der Waals surface area contributed by atoms with Crippen LogP contribution in [0, 0.1) is 10.5 Å². The lowest BCUT2D eigenvalue weighted by molar-refractivity contribution is -0.136. The van der Waals surface area contributed by atoms with Gasteiger partial charge in [-0.1, -0.05) is 35.9 Å². The second-order valence-corrected chi connectivity index (χ2v) is 12.0. The van der Waals surface area contributed by atoms with Crippen molar-refractivity contribution in [3.8, 4) is 17.2 Å². The molecule has 0 spiro atoms. The summed E-state index contributed by atoms with van der Waals surface area (Å²) < 4.78 is 24.2. The Morgan fingerprint density at radius 3 is 2.64 bits per heavy atom. The highest BCUT2D eigenvalue weighted by Gasteiger charge is 2.32. The molecule has 3 aromatic rings. The highest BCUT2D eigenvalue weighted by Crippen LogP contribution is 2.35. The number of carbonyl (C=O) groups excluding carboxylic acids is 2. The van der Waals surface area contributed by atoms with E-state index in [0.717, 1.165) is 24.9 Å². The number of aliphatic hydroxyl groups excluding tert-OH is 1. The first-order valence-corrected chi connectivity index (χ1v) is 15.9. The number of hydrazone groups is 1. The van der Waals surface area contributed by atoms with Gasteiger partial charge in [0.25, 0.3) is 0 Å². The first-order valence-electron chi connectivity index (χ1n) is 14.0. The summed E-state index contributed by atoms with van der Waals surface area (Å²) in [4.78, 5) is 24.6. The van der Waals surface area contributed by atoms with Crippen molar-refractivity contribution in [3.63, 3.8) is 0 Å². The minimum absolute atomic E-state index is 0.139. The molecule has 13 heteroatoms. The van der Waals surface area contributed by atoms with Gasteiger partial charge in [0.05, 0.1) is 39.6 Å². The number of allylic oxidation sites excluding steroid dienone is 1. The van der Waals surface area contributed by atoms with Gasteiger partial charge >= 0.3 is 12.0 Å². The first kappa shape index (κ1) is 34.1. The smallest absolute Gasteiger partial charge is 0.337 e. The number of nitrogens with one attached hydrogen (secondary N) is 3. The molecule has 0 unspecified atom stereocenters. The fourth-order valence-corrected chi connectivity index (χ4v) is 6.34. The number of nitrogens with zero attached hydrogens (tertiary/aromatic N) is 1. The fourth-order valence-electron chi connectivity index (χ4n) is 4.57. The zero-order valence-corrected chi connectivity index (χ0v) is 28.9. The molecule has 238 valence electrons. The molecule has 0 fully saturated rings. The van der Waals surface area contributed by atoms with Crippen LogP contribution < -0.4 is 30.3 Å². The predicted molar refractivity (Wildman–Crippen MR) is 181 cm³/mol. The number of carbonyl (C=O) groups is 2. The normalized spacial score (nSPS) is 15.3. The molecule has 0 radical (unpaired) electrons. The topological polar surface area (TPSA) is 140 Å². The van der Waals surface area contributed by atoms with Crippen LogP contribution in [0.1, 0.15) is 42.1 Å². The van der Waals surface area contributed by atoms with Crippen molar-refractivity contribution in [3.05, 3.63) is 96.2 Å². The van der Waals surface area contributed by atoms with Crippen LogP contribution >= 0.6 is 38.5 Å². The lowest BCUT2D eigenvalue weighted by Crippen LogP contribution is -2.45. The molecule has 4 rings (SSSR count). The third-order valence-electron chi connectivity index (χ3n) is 6.60. The van der Waals surface area contributed by atoms with Crippen LogP contribution in [0.5, 0.6) is 17.2 Å². The van der Waals surface area contributed by atoms with Crippen molar-refractivity contribution in [1.82, 2.24) is 16.1 Å². The van der Waals surface area contributed by atoms with E-state index in [4.69, 9.17) is 18.9 Å². The van der Waals surface area contributed by atoms with Crippen LogP contribution in [-0.4, -0.2) is 49.9 Å². The SMILES string of the molecule is CCOc1cc([C@@H]2NC(=O)NC(C)=C2C(=O)OC)ccc1OC[C@@H](O)N/N=C\c1cc(Br)c(OCc2cccc(C)c2)c(I)c1. The standard InChI is InChI=1S/C32H34BrIN4O7/c1-5-43-26-14-22(29-28(31(40)42-4)19(3)36-32(41)37-29)9-10-25(26)44-17-27(39)38-35-15-21-12-23(33)30(24(34)13-21)45-16-20-8-6-7-18(2)11-20/h6-15,27,29,38-39H,5,16-17H2,1-4H3,(H2,36,37,41)/b35-15-/t27-,29+/m1/s1. The molecule has 2 amide bonds. The molecule has 0 saturated heterocycles. The molecular weight excluding hydrogens is 759 g/mol. The summed E-state index contributed by atoms with van der Waals surface area (Å²) in [7, 11) is 1.28. The summed E-state index contributed by atoms with van der Waals surface area (Å²) in [6.07, 6.45) is 0.456. The number of ether oxygens (including phenoxy) is 4. The summed E-state index contributed by atoms with van der Waals surface area (Å²) in [6.45, 7) is 6.15. The second-order valence-electron chi connectivity index (χ2n) is 10.0. The number of urea groups is 1. The summed E-state index contributed by atoms with van der Waals surface area (Å²) in [5.41, 5.74) is 6.98. The Bertz CT molecular complexity index is 1590. The third kappa shape index (κ3) is 9.11. The molecule has 45 heavy (non-hydrogen) atoms. The lowest BCUT2D eigenvalue weighted by atomic mass is 9.95. The van der Waals surface area contributed by atoms with Gasteiger partial charge in [-0.3, -0.25) is 5.43 Å². The molecule has 11 nitrogen and oxygen atoms in total. The minimum atomic E-state index is -1.13. The number of rotatable bonds is 13. The van der Waals surface area contributed by atoms with Crippen LogP contribution in [-0.2, 0) is 16.1 Å². The predicted octanol–water partition coefficient (Wildman–Crippen LogP) is 5.46.